The molecule has 0 spiro atoms. The summed E-state index contributed by atoms with van der Waals surface area (Å²) in [7, 11) is -3.66. The lowest BCUT2D eigenvalue weighted by atomic mass is 9.97. The number of allylic oxidation sites excluding steroid dienone is 1. The van der Waals surface area contributed by atoms with Crippen LogP contribution in [0.5, 0.6) is 0 Å². The third-order valence-electron chi connectivity index (χ3n) is 4.12. The molecule has 0 saturated carbocycles. The minimum absolute atomic E-state index is 0.131. The van der Waals surface area contributed by atoms with Crippen LogP contribution in [0.2, 0.25) is 0 Å². The van der Waals surface area contributed by atoms with Crippen LogP contribution in [-0.4, -0.2) is 26.9 Å². The Kier molecular flexibility index (Phi) is 7.01. The number of sulfonamides is 1. The topological polar surface area (TPSA) is 75.3 Å². The Morgan fingerprint density at radius 2 is 2.12 bits per heavy atom. The van der Waals surface area contributed by atoms with Crippen molar-refractivity contribution in [2.45, 2.75) is 56.2 Å². The monoisotopic (exact) mass is 370 g/mol. The second-order valence-electron chi connectivity index (χ2n) is 6.42. The first-order chi connectivity index (χ1) is 11.4. The zero-order valence-corrected chi connectivity index (χ0v) is 15.9. The standard InChI is InChI=1S/C17H26N2O3S2/c1-13(2)16(19-24(21,22)15-9-6-12-23-15)17(20)18-11-10-14-7-4-3-5-8-14/h6-7,9,12-13,16,19H,3-5,8,10-11H2,1-2H3,(H,18,20). The Morgan fingerprint density at radius 3 is 2.71 bits per heavy atom. The molecule has 134 valence electrons. The van der Waals surface area contributed by atoms with Crippen molar-refractivity contribution >= 4 is 27.3 Å². The van der Waals surface area contributed by atoms with Gasteiger partial charge in [0.15, 0.2) is 0 Å². The number of carbonyl (C=O) groups is 1. The number of hydrogen-bond acceptors (Lipinski definition) is 4. The van der Waals surface area contributed by atoms with Crippen LogP contribution < -0.4 is 10.0 Å². The van der Waals surface area contributed by atoms with Crippen LogP contribution in [0.15, 0.2) is 33.4 Å². The Bertz CT molecular complexity index is 664. The summed E-state index contributed by atoms with van der Waals surface area (Å²) in [6, 6.07) is 2.46. The SMILES string of the molecule is CC(C)C(NS(=O)(=O)c1cccs1)C(=O)NCCC1=CCCCC1. The van der Waals surface area contributed by atoms with Gasteiger partial charge >= 0.3 is 0 Å². The van der Waals surface area contributed by atoms with Crippen LogP contribution in [-0.2, 0) is 14.8 Å². The first kappa shape index (κ1) is 19.1. The van der Waals surface area contributed by atoms with E-state index in [1.807, 2.05) is 13.8 Å². The van der Waals surface area contributed by atoms with Gasteiger partial charge in [0.1, 0.15) is 10.3 Å². The van der Waals surface area contributed by atoms with Crippen molar-refractivity contribution in [3.63, 3.8) is 0 Å². The first-order valence-electron chi connectivity index (χ1n) is 8.41. The van der Waals surface area contributed by atoms with Gasteiger partial charge in [-0.05, 0) is 49.5 Å². The predicted octanol–water partition coefficient (Wildman–Crippen LogP) is 3.06. The van der Waals surface area contributed by atoms with Gasteiger partial charge in [-0.15, -0.1) is 11.3 Å². The Hall–Kier alpha value is -1.18. The highest BCUT2D eigenvalue weighted by atomic mass is 32.2. The summed E-state index contributed by atoms with van der Waals surface area (Å²) in [6.07, 6.45) is 7.79. The number of carbonyl (C=O) groups excluding carboxylic acids is 1. The summed E-state index contributed by atoms with van der Waals surface area (Å²) in [4.78, 5) is 12.4. The number of thiophene rings is 1. The summed E-state index contributed by atoms with van der Waals surface area (Å²) >= 11 is 1.14. The molecule has 0 aliphatic heterocycles. The molecule has 0 aromatic carbocycles. The van der Waals surface area contributed by atoms with E-state index in [1.54, 1.807) is 11.4 Å². The van der Waals surface area contributed by atoms with Gasteiger partial charge in [-0.1, -0.05) is 31.6 Å². The van der Waals surface area contributed by atoms with Gasteiger partial charge in [-0.25, -0.2) is 8.42 Å². The van der Waals surface area contributed by atoms with E-state index < -0.39 is 16.1 Å². The summed E-state index contributed by atoms with van der Waals surface area (Å²) in [5.74, 6) is -0.393. The summed E-state index contributed by atoms with van der Waals surface area (Å²) in [5.41, 5.74) is 1.39. The normalized spacial score (nSPS) is 16.7. The fraction of sp³-hybridized carbons (Fsp3) is 0.588. The van der Waals surface area contributed by atoms with Crippen molar-refractivity contribution in [3.8, 4) is 0 Å². The van der Waals surface area contributed by atoms with E-state index in [0.29, 0.717) is 6.54 Å². The van der Waals surface area contributed by atoms with Crippen LogP contribution in [0, 0.1) is 5.92 Å². The van der Waals surface area contributed by atoms with E-state index in [2.05, 4.69) is 16.1 Å². The molecule has 2 N–H and O–H groups in total. The number of amides is 1. The van der Waals surface area contributed by atoms with E-state index in [4.69, 9.17) is 0 Å². The van der Waals surface area contributed by atoms with Crippen molar-refractivity contribution in [2.24, 2.45) is 5.92 Å². The van der Waals surface area contributed by atoms with E-state index >= 15 is 0 Å². The largest absolute Gasteiger partial charge is 0.354 e. The van der Waals surface area contributed by atoms with E-state index in [0.717, 1.165) is 30.6 Å². The van der Waals surface area contributed by atoms with Crippen LogP contribution in [0.25, 0.3) is 0 Å². The van der Waals surface area contributed by atoms with Crippen LogP contribution in [0.3, 0.4) is 0 Å². The van der Waals surface area contributed by atoms with Gasteiger partial charge in [0, 0.05) is 6.54 Å². The quantitative estimate of drug-likeness (QED) is 0.691. The van der Waals surface area contributed by atoms with Gasteiger partial charge in [0.2, 0.25) is 5.91 Å². The second kappa shape index (κ2) is 8.78. The average Bonchev–Trinajstić information content (AvgIpc) is 3.09. The lowest BCUT2D eigenvalue weighted by Crippen LogP contribution is -2.49. The predicted molar refractivity (Wildman–Crippen MR) is 97.4 cm³/mol. The molecular weight excluding hydrogens is 344 g/mol. The van der Waals surface area contributed by atoms with Crippen LogP contribution in [0.1, 0.15) is 46.0 Å². The molecule has 0 fully saturated rings. The number of nitrogens with one attached hydrogen (secondary N) is 2. The van der Waals surface area contributed by atoms with Crippen LogP contribution in [0.4, 0.5) is 0 Å². The average molecular weight is 371 g/mol. The maximum absolute atomic E-state index is 12.4. The van der Waals surface area contributed by atoms with E-state index in [-0.39, 0.29) is 16.0 Å². The molecule has 1 atom stereocenters. The zero-order chi connectivity index (χ0) is 17.6. The molecule has 1 aromatic heterocycles. The minimum atomic E-state index is -3.66. The zero-order valence-electron chi connectivity index (χ0n) is 14.2. The molecule has 1 heterocycles. The highest BCUT2D eigenvalue weighted by Crippen LogP contribution is 2.20. The van der Waals surface area contributed by atoms with Gasteiger partial charge in [0.05, 0.1) is 0 Å². The number of rotatable bonds is 8. The smallest absolute Gasteiger partial charge is 0.250 e. The Balaban J connectivity index is 1.92. The molecular formula is C17H26N2O3S2. The molecule has 1 aliphatic rings. The second-order valence-corrected chi connectivity index (χ2v) is 9.31. The summed E-state index contributed by atoms with van der Waals surface area (Å²) < 4.78 is 27.5. The molecule has 0 radical (unpaired) electrons. The third kappa shape index (κ3) is 5.43. The van der Waals surface area contributed by atoms with E-state index in [9.17, 15) is 13.2 Å². The molecule has 5 nitrogen and oxygen atoms in total. The molecule has 1 unspecified atom stereocenters. The van der Waals surface area contributed by atoms with Crippen molar-refractivity contribution in [1.82, 2.24) is 10.0 Å². The van der Waals surface area contributed by atoms with Gasteiger partial charge in [-0.2, -0.15) is 4.72 Å². The third-order valence-corrected chi connectivity index (χ3v) is 6.96. The molecule has 0 saturated heterocycles. The Labute approximate surface area is 148 Å². The fourth-order valence-electron chi connectivity index (χ4n) is 2.72. The maximum atomic E-state index is 12.4. The highest BCUT2D eigenvalue weighted by Gasteiger charge is 2.28. The fourth-order valence-corrected chi connectivity index (χ4v) is 5.08. The molecule has 1 aromatic rings. The minimum Gasteiger partial charge on any atom is -0.354 e. The van der Waals surface area contributed by atoms with E-state index in [1.165, 1.54) is 24.5 Å². The maximum Gasteiger partial charge on any atom is 0.250 e. The summed E-state index contributed by atoms with van der Waals surface area (Å²) in [6.45, 7) is 4.23. The van der Waals surface area contributed by atoms with Crippen molar-refractivity contribution in [3.05, 3.63) is 29.2 Å². The lowest BCUT2D eigenvalue weighted by molar-refractivity contribution is -0.123. The molecule has 1 amide bonds. The van der Waals surface area contributed by atoms with Crippen molar-refractivity contribution < 1.29 is 13.2 Å². The molecule has 24 heavy (non-hydrogen) atoms. The van der Waals surface area contributed by atoms with Gasteiger partial charge in [0.25, 0.3) is 10.0 Å². The molecule has 2 rings (SSSR count). The van der Waals surface area contributed by atoms with Crippen molar-refractivity contribution in [2.75, 3.05) is 6.54 Å². The lowest BCUT2D eigenvalue weighted by Gasteiger charge is -2.21. The van der Waals surface area contributed by atoms with Gasteiger partial charge in [-0.3, -0.25) is 4.79 Å². The van der Waals surface area contributed by atoms with Gasteiger partial charge < -0.3 is 5.32 Å². The Morgan fingerprint density at radius 1 is 1.33 bits per heavy atom. The molecule has 1 aliphatic carbocycles. The highest BCUT2D eigenvalue weighted by molar-refractivity contribution is 7.91. The molecule has 0 bridgehead atoms. The summed E-state index contributed by atoms with van der Waals surface area (Å²) in [5, 5.41) is 4.58. The van der Waals surface area contributed by atoms with Crippen LogP contribution >= 0.6 is 11.3 Å². The first-order valence-corrected chi connectivity index (χ1v) is 10.8. The van der Waals surface area contributed by atoms with Crippen molar-refractivity contribution in [1.29, 1.82) is 0 Å². The number of hydrogen-bond donors (Lipinski definition) is 2. The molecule has 7 heteroatoms.